The number of thioether (sulfide) groups is 1. The second-order valence-corrected chi connectivity index (χ2v) is 6.05. The summed E-state index contributed by atoms with van der Waals surface area (Å²) in [6.45, 7) is 4.66. The molecule has 21 heavy (non-hydrogen) atoms. The van der Waals surface area contributed by atoms with Crippen LogP contribution in [0.25, 0.3) is 0 Å². The Morgan fingerprint density at radius 2 is 2.19 bits per heavy atom. The Balaban J connectivity index is 1.93. The lowest BCUT2D eigenvalue weighted by Gasteiger charge is -2.06. The van der Waals surface area contributed by atoms with E-state index in [-0.39, 0.29) is 5.91 Å². The lowest BCUT2D eigenvalue weighted by Crippen LogP contribution is -2.25. The molecule has 0 aromatic carbocycles. The van der Waals surface area contributed by atoms with E-state index < -0.39 is 0 Å². The lowest BCUT2D eigenvalue weighted by atomic mass is 10.3. The second kappa shape index (κ2) is 7.21. The van der Waals surface area contributed by atoms with Crippen molar-refractivity contribution in [3.8, 4) is 0 Å². The molecule has 2 rings (SSSR count). The van der Waals surface area contributed by atoms with Gasteiger partial charge in [-0.25, -0.2) is 0 Å². The average Bonchev–Trinajstić information content (AvgIpc) is 2.84. The summed E-state index contributed by atoms with van der Waals surface area (Å²) in [6.07, 6.45) is 1.60. The standard InChI is InChI=1S/C14H19N5OS/c1-10(2)9-21-14-18-17-12(19(14)3)8-16-13(20)11-6-4-5-7-15-11/h4-7,10H,8-9H2,1-3H3,(H,16,20). The van der Waals surface area contributed by atoms with Gasteiger partial charge in [-0.2, -0.15) is 0 Å². The van der Waals surface area contributed by atoms with E-state index in [0.29, 0.717) is 18.2 Å². The summed E-state index contributed by atoms with van der Waals surface area (Å²) in [7, 11) is 1.91. The van der Waals surface area contributed by atoms with Gasteiger partial charge in [0.1, 0.15) is 5.69 Å². The van der Waals surface area contributed by atoms with Crippen molar-refractivity contribution in [3.05, 3.63) is 35.9 Å². The zero-order chi connectivity index (χ0) is 15.2. The van der Waals surface area contributed by atoms with Gasteiger partial charge in [-0.3, -0.25) is 9.78 Å². The number of hydrogen-bond acceptors (Lipinski definition) is 5. The summed E-state index contributed by atoms with van der Waals surface area (Å²) in [5.74, 6) is 2.10. The number of nitrogens with zero attached hydrogens (tertiary/aromatic N) is 4. The molecule has 0 aliphatic heterocycles. The quantitative estimate of drug-likeness (QED) is 0.825. The predicted octanol–water partition coefficient (Wildman–Crippen LogP) is 1.89. The summed E-state index contributed by atoms with van der Waals surface area (Å²) in [6, 6.07) is 5.23. The summed E-state index contributed by atoms with van der Waals surface area (Å²) in [5, 5.41) is 11.9. The largest absolute Gasteiger partial charge is 0.343 e. The SMILES string of the molecule is CC(C)CSc1nnc(CNC(=O)c2ccccn2)n1C. The topological polar surface area (TPSA) is 72.7 Å². The predicted molar refractivity (Wildman–Crippen MR) is 82.0 cm³/mol. The van der Waals surface area contributed by atoms with E-state index in [2.05, 4.69) is 34.3 Å². The van der Waals surface area contributed by atoms with Crippen molar-refractivity contribution < 1.29 is 4.79 Å². The molecule has 0 fully saturated rings. The van der Waals surface area contributed by atoms with Gasteiger partial charge in [0, 0.05) is 19.0 Å². The molecule has 0 atom stereocenters. The number of carbonyl (C=O) groups is 1. The van der Waals surface area contributed by atoms with E-state index in [0.717, 1.165) is 16.7 Å². The molecule has 0 saturated carbocycles. The van der Waals surface area contributed by atoms with E-state index in [4.69, 9.17) is 0 Å². The first-order valence-electron chi connectivity index (χ1n) is 6.78. The summed E-state index contributed by atoms with van der Waals surface area (Å²) in [5.41, 5.74) is 0.397. The molecule has 0 bridgehead atoms. The van der Waals surface area contributed by atoms with Gasteiger partial charge in [0.05, 0.1) is 6.54 Å². The van der Waals surface area contributed by atoms with Crippen LogP contribution >= 0.6 is 11.8 Å². The van der Waals surface area contributed by atoms with Crippen LogP contribution in [-0.4, -0.2) is 31.4 Å². The Hall–Kier alpha value is -1.89. The maximum absolute atomic E-state index is 11.9. The molecule has 112 valence electrons. The van der Waals surface area contributed by atoms with Crippen molar-refractivity contribution in [3.63, 3.8) is 0 Å². The van der Waals surface area contributed by atoms with Gasteiger partial charge in [-0.05, 0) is 18.1 Å². The van der Waals surface area contributed by atoms with Crippen LogP contribution in [0.5, 0.6) is 0 Å². The molecule has 2 aromatic rings. The third kappa shape index (κ3) is 4.29. The van der Waals surface area contributed by atoms with Gasteiger partial charge in [-0.15, -0.1) is 10.2 Å². The van der Waals surface area contributed by atoms with Crippen LogP contribution in [0.1, 0.15) is 30.2 Å². The zero-order valence-electron chi connectivity index (χ0n) is 12.4. The van der Waals surface area contributed by atoms with Crippen molar-refractivity contribution in [1.82, 2.24) is 25.1 Å². The van der Waals surface area contributed by atoms with Gasteiger partial charge in [0.2, 0.25) is 0 Å². The van der Waals surface area contributed by atoms with E-state index in [1.54, 1.807) is 36.2 Å². The van der Waals surface area contributed by atoms with Gasteiger partial charge in [0.15, 0.2) is 11.0 Å². The van der Waals surface area contributed by atoms with Crippen LogP contribution in [0.15, 0.2) is 29.6 Å². The molecule has 7 heteroatoms. The second-order valence-electron chi connectivity index (χ2n) is 5.06. The fourth-order valence-electron chi connectivity index (χ4n) is 1.61. The van der Waals surface area contributed by atoms with Gasteiger partial charge in [-0.1, -0.05) is 31.7 Å². The third-order valence-corrected chi connectivity index (χ3v) is 4.22. The third-order valence-electron chi connectivity index (χ3n) is 2.78. The molecule has 2 aromatic heterocycles. The minimum Gasteiger partial charge on any atom is -0.343 e. The molecule has 0 radical (unpaired) electrons. The Labute approximate surface area is 128 Å². The van der Waals surface area contributed by atoms with Crippen molar-refractivity contribution in [2.24, 2.45) is 13.0 Å². The lowest BCUT2D eigenvalue weighted by molar-refractivity contribution is 0.0944. The zero-order valence-corrected chi connectivity index (χ0v) is 13.2. The van der Waals surface area contributed by atoms with Crippen molar-refractivity contribution in [2.45, 2.75) is 25.5 Å². The van der Waals surface area contributed by atoms with Crippen LogP contribution in [0.3, 0.4) is 0 Å². The van der Waals surface area contributed by atoms with Crippen molar-refractivity contribution >= 4 is 17.7 Å². The average molecular weight is 305 g/mol. The van der Waals surface area contributed by atoms with Crippen LogP contribution in [-0.2, 0) is 13.6 Å². The molecular formula is C14H19N5OS. The number of rotatable bonds is 6. The van der Waals surface area contributed by atoms with E-state index >= 15 is 0 Å². The van der Waals surface area contributed by atoms with Crippen LogP contribution in [0.2, 0.25) is 0 Å². The molecule has 0 unspecified atom stereocenters. The Morgan fingerprint density at radius 3 is 2.86 bits per heavy atom. The highest BCUT2D eigenvalue weighted by Crippen LogP contribution is 2.18. The van der Waals surface area contributed by atoms with E-state index in [9.17, 15) is 4.79 Å². The normalized spacial score (nSPS) is 10.9. The number of nitrogens with one attached hydrogen (secondary N) is 1. The number of amides is 1. The Kier molecular flexibility index (Phi) is 5.32. The maximum atomic E-state index is 11.9. The minimum absolute atomic E-state index is 0.213. The first-order chi connectivity index (χ1) is 10.1. The summed E-state index contributed by atoms with van der Waals surface area (Å²) >= 11 is 1.67. The summed E-state index contributed by atoms with van der Waals surface area (Å²) < 4.78 is 1.91. The Morgan fingerprint density at radius 1 is 1.38 bits per heavy atom. The fraction of sp³-hybridized carbons (Fsp3) is 0.429. The molecule has 1 N–H and O–H groups in total. The van der Waals surface area contributed by atoms with Gasteiger partial charge in [0.25, 0.3) is 5.91 Å². The number of hydrogen-bond donors (Lipinski definition) is 1. The number of aromatic nitrogens is 4. The van der Waals surface area contributed by atoms with Crippen molar-refractivity contribution in [2.75, 3.05) is 5.75 Å². The molecule has 0 aliphatic rings. The Bertz CT molecular complexity index is 597. The van der Waals surface area contributed by atoms with Crippen LogP contribution < -0.4 is 5.32 Å². The highest BCUT2D eigenvalue weighted by molar-refractivity contribution is 7.99. The minimum atomic E-state index is -0.213. The highest BCUT2D eigenvalue weighted by atomic mass is 32.2. The van der Waals surface area contributed by atoms with Crippen LogP contribution in [0.4, 0.5) is 0 Å². The van der Waals surface area contributed by atoms with Crippen LogP contribution in [0, 0.1) is 5.92 Å². The molecule has 2 heterocycles. The number of pyridine rings is 1. The highest BCUT2D eigenvalue weighted by Gasteiger charge is 2.12. The van der Waals surface area contributed by atoms with Gasteiger partial charge >= 0.3 is 0 Å². The molecule has 1 amide bonds. The monoisotopic (exact) mass is 305 g/mol. The molecule has 6 nitrogen and oxygen atoms in total. The maximum Gasteiger partial charge on any atom is 0.270 e. The smallest absolute Gasteiger partial charge is 0.270 e. The molecule has 0 saturated heterocycles. The van der Waals surface area contributed by atoms with Gasteiger partial charge < -0.3 is 9.88 Å². The molecule has 0 aliphatic carbocycles. The molecular weight excluding hydrogens is 286 g/mol. The first-order valence-corrected chi connectivity index (χ1v) is 7.76. The fourth-order valence-corrected chi connectivity index (χ4v) is 2.49. The van der Waals surface area contributed by atoms with E-state index in [1.807, 2.05) is 11.6 Å². The van der Waals surface area contributed by atoms with Crippen molar-refractivity contribution in [1.29, 1.82) is 0 Å². The first kappa shape index (κ1) is 15.5. The molecule has 0 spiro atoms. The number of carbonyl (C=O) groups excluding carboxylic acids is 1. The van der Waals surface area contributed by atoms with E-state index in [1.165, 1.54) is 0 Å². The summed E-state index contributed by atoms with van der Waals surface area (Å²) in [4.78, 5) is 15.9.